The Morgan fingerprint density at radius 2 is 1.88 bits per heavy atom. The van der Waals surface area contributed by atoms with Crippen molar-refractivity contribution in [1.29, 1.82) is 0 Å². The van der Waals surface area contributed by atoms with Gasteiger partial charge in [-0.1, -0.05) is 29.3 Å². The van der Waals surface area contributed by atoms with Gasteiger partial charge >= 0.3 is 0 Å². The molecule has 33 heavy (non-hydrogen) atoms. The number of aromatic nitrogens is 2. The monoisotopic (exact) mass is 503 g/mol. The Balaban J connectivity index is 1.73. The summed E-state index contributed by atoms with van der Waals surface area (Å²) in [4.78, 5) is 31.3. The molecule has 0 radical (unpaired) electrons. The van der Waals surface area contributed by atoms with E-state index in [2.05, 4.69) is 10.3 Å². The molecule has 0 spiro atoms. The van der Waals surface area contributed by atoms with Crippen molar-refractivity contribution in [2.75, 3.05) is 19.5 Å². The maximum atomic E-state index is 13.4. The zero-order chi connectivity index (χ0) is 23.7. The number of carbonyl (C=O) groups is 1. The lowest BCUT2D eigenvalue weighted by molar-refractivity contribution is -0.118. The Labute approximate surface area is 203 Å². The zero-order valence-corrected chi connectivity index (χ0v) is 20.2. The van der Waals surface area contributed by atoms with Crippen molar-refractivity contribution in [3.05, 3.63) is 68.5 Å². The normalized spacial score (nSPS) is 11.9. The number of halogens is 2. The smallest absolute Gasteiger partial charge is 0.263 e. The minimum atomic E-state index is -0.845. The number of nitrogens with one attached hydrogen (secondary N) is 1. The van der Waals surface area contributed by atoms with Gasteiger partial charge in [0.1, 0.15) is 10.9 Å². The maximum absolute atomic E-state index is 13.4. The Bertz CT molecular complexity index is 1420. The van der Waals surface area contributed by atoms with Crippen LogP contribution in [-0.4, -0.2) is 29.7 Å². The molecule has 7 nitrogen and oxygen atoms in total. The third-order valence-electron chi connectivity index (χ3n) is 5.20. The molecule has 4 aromatic rings. The second kappa shape index (κ2) is 9.43. The van der Waals surface area contributed by atoms with E-state index in [9.17, 15) is 9.59 Å². The second-order valence-electron chi connectivity index (χ2n) is 7.15. The van der Waals surface area contributed by atoms with Crippen LogP contribution in [0.25, 0.3) is 21.3 Å². The number of carbonyl (C=O) groups excluding carboxylic acids is 1. The number of benzene rings is 2. The topological polar surface area (TPSA) is 82.5 Å². The molecule has 1 unspecified atom stereocenters. The van der Waals surface area contributed by atoms with Gasteiger partial charge in [-0.25, -0.2) is 4.98 Å². The fourth-order valence-electron chi connectivity index (χ4n) is 3.39. The number of thiophene rings is 1. The van der Waals surface area contributed by atoms with Crippen molar-refractivity contribution in [2.24, 2.45) is 0 Å². The average molecular weight is 504 g/mol. The van der Waals surface area contributed by atoms with Crippen molar-refractivity contribution >= 4 is 56.3 Å². The minimum absolute atomic E-state index is 0.328. The van der Waals surface area contributed by atoms with Gasteiger partial charge in [0.05, 0.1) is 36.6 Å². The average Bonchev–Trinajstić information content (AvgIpc) is 3.26. The van der Waals surface area contributed by atoms with E-state index in [4.69, 9.17) is 32.7 Å². The summed E-state index contributed by atoms with van der Waals surface area (Å²) in [5.41, 5.74) is 1.52. The van der Waals surface area contributed by atoms with Crippen molar-refractivity contribution < 1.29 is 14.3 Å². The SMILES string of the molecule is COc1ccc(-c2csc3ncn(C(C)C(=O)Nc4cc(Cl)ccc4Cl)c(=O)c23)cc1OC. The molecule has 2 heterocycles. The lowest BCUT2D eigenvalue weighted by atomic mass is 10.1. The van der Waals surface area contributed by atoms with E-state index in [-0.39, 0.29) is 5.56 Å². The molecule has 4 rings (SSSR count). The summed E-state index contributed by atoms with van der Waals surface area (Å²) in [6, 6.07) is 9.33. The first-order chi connectivity index (χ1) is 15.8. The van der Waals surface area contributed by atoms with E-state index < -0.39 is 11.9 Å². The fraction of sp³-hybridized carbons (Fsp3) is 0.174. The summed E-state index contributed by atoms with van der Waals surface area (Å²) < 4.78 is 12.0. The number of fused-ring (bicyclic) bond motifs is 1. The Morgan fingerprint density at radius 3 is 2.61 bits per heavy atom. The number of hydrogen-bond acceptors (Lipinski definition) is 6. The lowest BCUT2D eigenvalue weighted by Gasteiger charge is -2.16. The van der Waals surface area contributed by atoms with E-state index in [1.165, 1.54) is 22.2 Å². The first-order valence-electron chi connectivity index (χ1n) is 9.80. The van der Waals surface area contributed by atoms with E-state index >= 15 is 0 Å². The van der Waals surface area contributed by atoms with Gasteiger partial charge in [0.25, 0.3) is 5.56 Å². The van der Waals surface area contributed by atoms with Crippen LogP contribution in [0.1, 0.15) is 13.0 Å². The van der Waals surface area contributed by atoms with E-state index in [1.807, 2.05) is 11.4 Å². The molecular weight excluding hydrogens is 485 g/mol. The van der Waals surface area contributed by atoms with Gasteiger partial charge in [-0.15, -0.1) is 11.3 Å². The molecule has 0 saturated heterocycles. The number of rotatable bonds is 6. The van der Waals surface area contributed by atoms with Gasteiger partial charge in [-0.3, -0.25) is 14.2 Å². The predicted molar refractivity (Wildman–Crippen MR) is 132 cm³/mol. The lowest BCUT2D eigenvalue weighted by Crippen LogP contribution is -2.31. The maximum Gasteiger partial charge on any atom is 0.263 e. The van der Waals surface area contributed by atoms with Gasteiger partial charge in [0, 0.05) is 16.0 Å². The van der Waals surface area contributed by atoms with E-state index in [1.54, 1.807) is 51.5 Å². The third-order valence-corrected chi connectivity index (χ3v) is 6.65. The minimum Gasteiger partial charge on any atom is -0.493 e. The molecular formula is C23H19Cl2N3O4S. The third kappa shape index (κ3) is 4.42. The van der Waals surface area contributed by atoms with Crippen LogP contribution in [0.4, 0.5) is 5.69 Å². The van der Waals surface area contributed by atoms with Crippen LogP contribution in [0.5, 0.6) is 11.5 Å². The van der Waals surface area contributed by atoms with Crippen LogP contribution in [0.3, 0.4) is 0 Å². The predicted octanol–water partition coefficient (Wildman–Crippen LogP) is 5.65. The van der Waals surface area contributed by atoms with Crippen LogP contribution in [-0.2, 0) is 4.79 Å². The number of methoxy groups -OCH3 is 2. The molecule has 1 N–H and O–H groups in total. The highest BCUT2D eigenvalue weighted by atomic mass is 35.5. The highest BCUT2D eigenvalue weighted by Gasteiger charge is 2.21. The second-order valence-corrected chi connectivity index (χ2v) is 8.85. The molecule has 170 valence electrons. The molecule has 0 aliphatic heterocycles. The fourth-order valence-corrected chi connectivity index (χ4v) is 4.64. The molecule has 10 heteroatoms. The van der Waals surface area contributed by atoms with Crippen LogP contribution in [0.15, 0.2) is 52.9 Å². The van der Waals surface area contributed by atoms with Gasteiger partial charge in [-0.2, -0.15) is 0 Å². The van der Waals surface area contributed by atoms with Crippen LogP contribution in [0, 0.1) is 0 Å². The zero-order valence-electron chi connectivity index (χ0n) is 17.9. The van der Waals surface area contributed by atoms with Gasteiger partial charge < -0.3 is 14.8 Å². The molecule has 1 amide bonds. The number of anilines is 1. The molecule has 2 aromatic heterocycles. The molecule has 0 saturated carbocycles. The van der Waals surface area contributed by atoms with Crippen LogP contribution < -0.4 is 20.3 Å². The summed E-state index contributed by atoms with van der Waals surface area (Å²) >= 11 is 13.5. The number of nitrogens with zero attached hydrogens (tertiary/aromatic N) is 2. The van der Waals surface area contributed by atoms with Crippen molar-refractivity contribution in [3.63, 3.8) is 0 Å². The quantitative estimate of drug-likeness (QED) is 0.367. The van der Waals surface area contributed by atoms with Gasteiger partial charge in [-0.05, 0) is 42.8 Å². The molecule has 1 atom stereocenters. The summed E-state index contributed by atoms with van der Waals surface area (Å²) in [5, 5.41) is 5.78. The summed E-state index contributed by atoms with van der Waals surface area (Å²) in [6.07, 6.45) is 1.38. The van der Waals surface area contributed by atoms with E-state index in [0.717, 1.165) is 5.56 Å². The van der Waals surface area contributed by atoms with Crippen molar-refractivity contribution in [2.45, 2.75) is 13.0 Å². The largest absolute Gasteiger partial charge is 0.493 e. The highest BCUT2D eigenvalue weighted by molar-refractivity contribution is 7.17. The molecule has 0 fully saturated rings. The van der Waals surface area contributed by atoms with Crippen LogP contribution in [0.2, 0.25) is 10.0 Å². The first-order valence-corrected chi connectivity index (χ1v) is 11.4. The van der Waals surface area contributed by atoms with Gasteiger partial charge in [0.2, 0.25) is 5.91 Å². The van der Waals surface area contributed by atoms with Crippen molar-refractivity contribution in [1.82, 2.24) is 9.55 Å². The van der Waals surface area contributed by atoms with Gasteiger partial charge in [0.15, 0.2) is 11.5 Å². The standard InChI is InChI=1S/C23H19Cl2N3O4S/c1-12(21(29)27-17-9-14(24)5-6-16(17)25)28-11-26-22-20(23(28)30)15(10-33-22)13-4-7-18(31-2)19(8-13)32-3/h4-12H,1-3H3,(H,27,29). The highest BCUT2D eigenvalue weighted by Crippen LogP contribution is 2.36. The summed E-state index contributed by atoms with van der Waals surface area (Å²) in [5.74, 6) is 0.705. The first kappa shape index (κ1) is 23.1. The Morgan fingerprint density at radius 1 is 1.12 bits per heavy atom. The molecule has 2 aromatic carbocycles. The molecule has 0 bridgehead atoms. The summed E-state index contributed by atoms with van der Waals surface area (Å²) in [6.45, 7) is 1.62. The molecule has 0 aliphatic carbocycles. The molecule has 0 aliphatic rings. The summed E-state index contributed by atoms with van der Waals surface area (Å²) in [7, 11) is 3.11. The van der Waals surface area contributed by atoms with Crippen molar-refractivity contribution in [3.8, 4) is 22.6 Å². The Hall–Kier alpha value is -3.07. The number of amides is 1. The van der Waals surface area contributed by atoms with Crippen LogP contribution >= 0.6 is 34.5 Å². The number of hydrogen-bond donors (Lipinski definition) is 1. The number of ether oxygens (including phenoxy) is 2. The van der Waals surface area contributed by atoms with E-state index in [0.29, 0.717) is 43.0 Å². The Kier molecular flexibility index (Phi) is 6.60.